The molecule has 0 radical (unpaired) electrons. The normalized spacial score (nSPS) is 20.0. The van der Waals surface area contributed by atoms with Crippen LogP contribution in [0.5, 0.6) is 5.75 Å². The molecule has 1 aromatic carbocycles. The average Bonchev–Trinajstić information content (AvgIpc) is 2.63. The summed E-state index contributed by atoms with van der Waals surface area (Å²) < 4.78 is 14.8. The maximum absolute atomic E-state index is 10.6. The highest BCUT2D eigenvalue weighted by molar-refractivity contribution is 5.61. The van der Waals surface area contributed by atoms with Crippen LogP contribution >= 0.6 is 0 Å². The van der Waals surface area contributed by atoms with Crippen LogP contribution in [0.4, 0.5) is 4.79 Å². The fraction of sp³-hybridized carbons (Fsp3) is 0.300. The minimum atomic E-state index is -0.619. The molecule has 1 aliphatic heterocycles. The predicted octanol–water partition coefficient (Wildman–Crippen LogP) is 1.60. The molecule has 1 aromatic rings. The topological polar surface area (TPSA) is 44.8 Å². The van der Waals surface area contributed by atoms with Crippen molar-refractivity contribution in [3.63, 3.8) is 0 Å². The lowest BCUT2D eigenvalue weighted by molar-refractivity contribution is 0.0983. The summed E-state index contributed by atoms with van der Waals surface area (Å²) >= 11 is 0. The van der Waals surface area contributed by atoms with E-state index < -0.39 is 6.16 Å². The van der Waals surface area contributed by atoms with Crippen LogP contribution in [0.25, 0.3) is 0 Å². The summed E-state index contributed by atoms with van der Waals surface area (Å²) in [5.74, 6) is 0.760. The number of ether oxygens (including phenoxy) is 3. The van der Waals surface area contributed by atoms with Crippen molar-refractivity contribution < 1.29 is 19.0 Å². The van der Waals surface area contributed by atoms with Gasteiger partial charge < -0.3 is 14.2 Å². The van der Waals surface area contributed by atoms with Gasteiger partial charge in [-0.2, -0.15) is 0 Å². The highest BCUT2D eigenvalue weighted by Gasteiger charge is 2.25. The number of hydrogen-bond acceptors (Lipinski definition) is 4. The van der Waals surface area contributed by atoms with E-state index in [2.05, 4.69) is 4.74 Å². The van der Waals surface area contributed by atoms with Crippen LogP contribution in [0.15, 0.2) is 30.3 Å². The largest absolute Gasteiger partial charge is 0.508 e. The lowest BCUT2D eigenvalue weighted by Gasteiger charge is -2.08. The van der Waals surface area contributed by atoms with E-state index in [1.807, 2.05) is 30.3 Å². The molecule has 14 heavy (non-hydrogen) atoms. The van der Waals surface area contributed by atoms with Crippen LogP contribution in [0.2, 0.25) is 0 Å². The number of hydrogen-bond donors (Lipinski definition) is 0. The molecule has 1 fully saturated rings. The Balaban J connectivity index is 1.80. The zero-order valence-electron chi connectivity index (χ0n) is 7.51. The summed E-state index contributed by atoms with van der Waals surface area (Å²) in [5, 5.41) is 0. The third kappa shape index (κ3) is 2.16. The minimum Gasteiger partial charge on any atom is -0.490 e. The van der Waals surface area contributed by atoms with Gasteiger partial charge in [0, 0.05) is 0 Å². The summed E-state index contributed by atoms with van der Waals surface area (Å²) in [6, 6.07) is 9.36. The molecule has 0 amide bonds. The van der Waals surface area contributed by atoms with Crippen LogP contribution in [-0.4, -0.2) is 25.5 Å². The van der Waals surface area contributed by atoms with Gasteiger partial charge in [0.05, 0.1) is 0 Å². The van der Waals surface area contributed by atoms with Gasteiger partial charge in [0.2, 0.25) is 0 Å². The van der Waals surface area contributed by atoms with Gasteiger partial charge in [0.25, 0.3) is 0 Å². The molecule has 0 bridgehead atoms. The van der Waals surface area contributed by atoms with Crippen LogP contribution in [0, 0.1) is 0 Å². The molecule has 0 spiro atoms. The zero-order chi connectivity index (χ0) is 9.80. The lowest BCUT2D eigenvalue weighted by Crippen LogP contribution is -2.19. The van der Waals surface area contributed by atoms with Crippen LogP contribution in [-0.2, 0) is 9.47 Å². The Hall–Kier alpha value is -1.71. The first-order chi connectivity index (χ1) is 6.84. The van der Waals surface area contributed by atoms with Crippen LogP contribution < -0.4 is 4.74 Å². The maximum atomic E-state index is 10.6. The Morgan fingerprint density at radius 3 is 2.79 bits per heavy atom. The summed E-state index contributed by atoms with van der Waals surface area (Å²) in [7, 11) is 0. The Labute approximate surface area is 81.4 Å². The number of carbonyl (C=O) groups is 1. The molecular formula is C10H10O4. The SMILES string of the molecule is O=C1OC[C@H](COc2ccccc2)O1. The van der Waals surface area contributed by atoms with Crippen LogP contribution in [0.1, 0.15) is 0 Å². The van der Waals surface area contributed by atoms with Crippen molar-refractivity contribution in [1.29, 1.82) is 0 Å². The number of cyclic esters (lactones) is 2. The van der Waals surface area contributed by atoms with E-state index in [9.17, 15) is 4.79 Å². The number of para-hydroxylation sites is 1. The van der Waals surface area contributed by atoms with Gasteiger partial charge in [-0.15, -0.1) is 0 Å². The monoisotopic (exact) mass is 194 g/mol. The van der Waals surface area contributed by atoms with E-state index >= 15 is 0 Å². The molecule has 1 atom stereocenters. The van der Waals surface area contributed by atoms with Crippen molar-refractivity contribution >= 4 is 6.16 Å². The van der Waals surface area contributed by atoms with Gasteiger partial charge in [0.1, 0.15) is 19.0 Å². The van der Waals surface area contributed by atoms with Gasteiger partial charge in [-0.3, -0.25) is 0 Å². The standard InChI is InChI=1S/C10H10O4/c11-10-13-7-9(14-10)6-12-8-4-2-1-3-5-8/h1-5,9H,6-7H2/t9-/m0/s1. The first-order valence-electron chi connectivity index (χ1n) is 4.36. The van der Waals surface area contributed by atoms with Crippen molar-refractivity contribution in [3.8, 4) is 5.75 Å². The van der Waals surface area contributed by atoms with Gasteiger partial charge in [-0.25, -0.2) is 4.79 Å². The van der Waals surface area contributed by atoms with E-state index in [1.165, 1.54) is 0 Å². The van der Waals surface area contributed by atoms with Crippen molar-refractivity contribution in [3.05, 3.63) is 30.3 Å². The molecule has 0 aliphatic carbocycles. The molecule has 0 N–H and O–H groups in total. The first kappa shape index (κ1) is 8.87. The van der Waals surface area contributed by atoms with E-state index in [0.717, 1.165) is 5.75 Å². The zero-order valence-corrected chi connectivity index (χ0v) is 7.51. The van der Waals surface area contributed by atoms with E-state index in [4.69, 9.17) is 9.47 Å². The predicted molar refractivity (Wildman–Crippen MR) is 48.2 cm³/mol. The van der Waals surface area contributed by atoms with Gasteiger partial charge in [-0.1, -0.05) is 18.2 Å². The Bertz CT molecular complexity index is 309. The third-order valence-electron chi connectivity index (χ3n) is 1.83. The van der Waals surface area contributed by atoms with Crippen molar-refractivity contribution in [2.75, 3.05) is 13.2 Å². The van der Waals surface area contributed by atoms with E-state index in [1.54, 1.807) is 0 Å². The molecule has 0 unspecified atom stereocenters. The smallest absolute Gasteiger partial charge is 0.490 e. The number of rotatable bonds is 3. The molecule has 4 heteroatoms. The van der Waals surface area contributed by atoms with Gasteiger partial charge in [0.15, 0.2) is 6.10 Å². The molecule has 1 saturated heterocycles. The highest BCUT2D eigenvalue weighted by atomic mass is 16.8. The molecule has 2 rings (SSSR count). The summed E-state index contributed by atoms with van der Waals surface area (Å²) in [5.41, 5.74) is 0. The molecule has 1 heterocycles. The Kier molecular flexibility index (Phi) is 2.53. The molecule has 4 nitrogen and oxygen atoms in total. The van der Waals surface area contributed by atoms with E-state index in [-0.39, 0.29) is 12.7 Å². The average molecular weight is 194 g/mol. The van der Waals surface area contributed by atoms with Crippen molar-refractivity contribution in [2.24, 2.45) is 0 Å². The molecular weight excluding hydrogens is 184 g/mol. The second kappa shape index (κ2) is 4.00. The van der Waals surface area contributed by atoms with Crippen LogP contribution in [0.3, 0.4) is 0 Å². The first-order valence-corrected chi connectivity index (χ1v) is 4.36. The van der Waals surface area contributed by atoms with Crippen molar-refractivity contribution in [1.82, 2.24) is 0 Å². The van der Waals surface area contributed by atoms with Crippen molar-refractivity contribution in [2.45, 2.75) is 6.10 Å². The fourth-order valence-electron chi connectivity index (χ4n) is 1.15. The quantitative estimate of drug-likeness (QED) is 0.685. The lowest BCUT2D eigenvalue weighted by atomic mass is 10.3. The summed E-state index contributed by atoms with van der Waals surface area (Å²) in [4.78, 5) is 10.6. The van der Waals surface area contributed by atoms with E-state index in [0.29, 0.717) is 6.61 Å². The Morgan fingerprint density at radius 1 is 1.36 bits per heavy atom. The molecule has 74 valence electrons. The number of benzene rings is 1. The van der Waals surface area contributed by atoms with Gasteiger partial charge >= 0.3 is 6.16 Å². The molecule has 1 aliphatic rings. The minimum absolute atomic E-state index is 0.270. The number of carbonyl (C=O) groups excluding carboxylic acids is 1. The second-order valence-corrected chi connectivity index (χ2v) is 2.92. The fourth-order valence-corrected chi connectivity index (χ4v) is 1.15. The maximum Gasteiger partial charge on any atom is 0.508 e. The summed E-state index contributed by atoms with van der Waals surface area (Å²) in [6.45, 7) is 0.599. The Morgan fingerprint density at radius 2 is 2.14 bits per heavy atom. The third-order valence-corrected chi connectivity index (χ3v) is 1.83. The summed E-state index contributed by atoms with van der Waals surface area (Å²) in [6.07, 6.45) is -0.908. The molecule has 0 aromatic heterocycles. The van der Waals surface area contributed by atoms with Gasteiger partial charge in [-0.05, 0) is 12.1 Å². The second-order valence-electron chi connectivity index (χ2n) is 2.92. The molecule has 0 saturated carbocycles. The highest BCUT2D eigenvalue weighted by Crippen LogP contribution is 2.11.